The van der Waals surface area contributed by atoms with E-state index in [1.54, 1.807) is 18.2 Å². The molecular formula is C17H20N2O2. The molecule has 110 valence electrons. The molecule has 0 bridgehead atoms. The molecule has 0 aliphatic heterocycles. The standard InChI is InChI=1S/C17H20N2O2/c1-2-18-12-13-6-8-15(9-7-13)19-17(21)11-14-4-3-5-16(20)10-14/h3-10,18,20H,2,11-12H2,1H3,(H,19,21). The molecule has 1 amide bonds. The third-order valence-electron chi connectivity index (χ3n) is 3.09. The van der Waals surface area contributed by atoms with Gasteiger partial charge >= 0.3 is 0 Å². The Morgan fingerprint density at radius 2 is 1.86 bits per heavy atom. The normalized spacial score (nSPS) is 10.3. The van der Waals surface area contributed by atoms with E-state index in [0.29, 0.717) is 0 Å². The zero-order valence-electron chi connectivity index (χ0n) is 12.1. The van der Waals surface area contributed by atoms with Crippen LogP contribution in [0.1, 0.15) is 18.1 Å². The molecule has 0 fully saturated rings. The highest BCUT2D eigenvalue weighted by atomic mass is 16.3. The second-order valence-corrected chi connectivity index (χ2v) is 4.87. The van der Waals surface area contributed by atoms with Gasteiger partial charge in [-0.3, -0.25) is 4.79 Å². The molecule has 0 unspecified atom stereocenters. The lowest BCUT2D eigenvalue weighted by atomic mass is 10.1. The monoisotopic (exact) mass is 284 g/mol. The summed E-state index contributed by atoms with van der Waals surface area (Å²) < 4.78 is 0. The predicted molar refractivity (Wildman–Crippen MR) is 84.3 cm³/mol. The minimum absolute atomic E-state index is 0.0972. The Morgan fingerprint density at radius 3 is 2.52 bits per heavy atom. The number of benzene rings is 2. The average Bonchev–Trinajstić information content (AvgIpc) is 2.46. The molecule has 0 saturated carbocycles. The van der Waals surface area contributed by atoms with Crippen LogP contribution in [0.2, 0.25) is 0 Å². The van der Waals surface area contributed by atoms with Gasteiger partial charge in [-0.2, -0.15) is 0 Å². The zero-order valence-corrected chi connectivity index (χ0v) is 12.1. The minimum atomic E-state index is -0.0972. The molecule has 0 saturated heterocycles. The van der Waals surface area contributed by atoms with Crippen LogP contribution in [-0.4, -0.2) is 17.6 Å². The lowest BCUT2D eigenvalue weighted by Crippen LogP contribution is -2.15. The highest BCUT2D eigenvalue weighted by Crippen LogP contribution is 2.13. The number of phenols is 1. The summed E-state index contributed by atoms with van der Waals surface area (Å²) in [5.74, 6) is 0.0770. The van der Waals surface area contributed by atoms with Gasteiger partial charge in [-0.1, -0.05) is 31.2 Å². The van der Waals surface area contributed by atoms with Gasteiger partial charge in [0.15, 0.2) is 0 Å². The van der Waals surface area contributed by atoms with Crippen molar-refractivity contribution < 1.29 is 9.90 Å². The second kappa shape index (κ2) is 7.45. The van der Waals surface area contributed by atoms with Gasteiger partial charge in [0, 0.05) is 12.2 Å². The van der Waals surface area contributed by atoms with Crippen LogP contribution in [0.3, 0.4) is 0 Å². The molecule has 0 heterocycles. The van der Waals surface area contributed by atoms with Crippen molar-refractivity contribution in [1.82, 2.24) is 5.32 Å². The molecular weight excluding hydrogens is 264 g/mol. The first kappa shape index (κ1) is 15.1. The number of aromatic hydroxyl groups is 1. The number of phenolic OH excluding ortho intramolecular Hbond substituents is 1. The SMILES string of the molecule is CCNCc1ccc(NC(=O)Cc2cccc(O)c2)cc1. The third-order valence-corrected chi connectivity index (χ3v) is 3.09. The number of carbonyl (C=O) groups is 1. The van der Waals surface area contributed by atoms with E-state index in [0.717, 1.165) is 24.3 Å². The lowest BCUT2D eigenvalue weighted by molar-refractivity contribution is -0.115. The molecule has 0 atom stereocenters. The smallest absolute Gasteiger partial charge is 0.228 e. The Kier molecular flexibility index (Phi) is 5.35. The molecule has 3 N–H and O–H groups in total. The van der Waals surface area contributed by atoms with E-state index < -0.39 is 0 Å². The molecule has 0 radical (unpaired) electrons. The maximum Gasteiger partial charge on any atom is 0.228 e. The Hall–Kier alpha value is -2.33. The molecule has 2 rings (SSSR count). The minimum Gasteiger partial charge on any atom is -0.508 e. The van der Waals surface area contributed by atoms with E-state index in [1.807, 2.05) is 30.3 Å². The van der Waals surface area contributed by atoms with Crippen LogP contribution in [0.15, 0.2) is 48.5 Å². The molecule has 0 aliphatic carbocycles. The number of nitrogens with one attached hydrogen (secondary N) is 2. The molecule has 0 aromatic heterocycles. The fraction of sp³-hybridized carbons (Fsp3) is 0.235. The number of anilines is 1. The molecule has 2 aromatic carbocycles. The van der Waals surface area contributed by atoms with Crippen LogP contribution in [0.25, 0.3) is 0 Å². The number of amides is 1. The van der Waals surface area contributed by atoms with Crippen molar-refractivity contribution in [3.8, 4) is 5.75 Å². The quantitative estimate of drug-likeness (QED) is 0.764. The maximum atomic E-state index is 11.9. The number of carbonyl (C=O) groups excluding carboxylic acids is 1. The molecule has 0 spiro atoms. The van der Waals surface area contributed by atoms with E-state index in [9.17, 15) is 9.90 Å². The summed E-state index contributed by atoms with van der Waals surface area (Å²) in [4.78, 5) is 11.9. The van der Waals surface area contributed by atoms with Crippen molar-refractivity contribution in [2.75, 3.05) is 11.9 Å². The Morgan fingerprint density at radius 1 is 1.10 bits per heavy atom. The van der Waals surface area contributed by atoms with E-state index in [4.69, 9.17) is 0 Å². The fourth-order valence-electron chi connectivity index (χ4n) is 2.03. The maximum absolute atomic E-state index is 11.9. The topological polar surface area (TPSA) is 61.4 Å². The average molecular weight is 284 g/mol. The summed E-state index contributed by atoms with van der Waals surface area (Å²) in [6, 6.07) is 14.5. The molecule has 4 nitrogen and oxygen atoms in total. The van der Waals surface area contributed by atoms with E-state index in [-0.39, 0.29) is 18.1 Å². The van der Waals surface area contributed by atoms with Crippen LogP contribution in [0.5, 0.6) is 5.75 Å². The first-order valence-corrected chi connectivity index (χ1v) is 7.05. The van der Waals surface area contributed by atoms with Crippen molar-refractivity contribution in [1.29, 1.82) is 0 Å². The largest absolute Gasteiger partial charge is 0.508 e. The summed E-state index contributed by atoms with van der Waals surface area (Å²) in [6.45, 7) is 3.83. The number of rotatable bonds is 6. The van der Waals surface area contributed by atoms with Crippen molar-refractivity contribution >= 4 is 11.6 Å². The van der Waals surface area contributed by atoms with Gasteiger partial charge in [0.2, 0.25) is 5.91 Å². The summed E-state index contributed by atoms with van der Waals surface area (Å²) >= 11 is 0. The van der Waals surface area contributed by atoms with Crippen LogP contribution >= 0.6 is 0 Å². The first-order chi connectivity index (χ1) is 10.2. The summed E-state index contributed by atoms with van der Waals surface area (Å²) in [5, 5.41) is 15.5. The number of hydrogen-bond donors (Lipinski definition) is 3. The van der Waals surface area contributed by atoms with Gasteiger partial charge in [0.05, 0.1) is 6.42 Å². The fourth-order valence-corrected chi connectivity index (χ4v) is 2.03. The predicted octanol–water partition coefficient (Wildman–Crippen LogP) is 2.68. The summed E-state index contributed by atoms with van der Waals surface area (Å²) in [5.41, 5.74) is 2.75. The van der Waals surface area contributed by atoms with Gasteiger partial charge in [-0.15, -0.1) is 0 Å². The first-order valence-electron chi connectivity index (χ1n) is 7.05. The highest BCUT2D eigenvalue weighted by Gasteiger charge is 2.05. The van der Waals surface area contributed by atoms with Crippen LogP contribution in [-0.2, 0) is 17.8 Å². The van der Waals surface area contributed by atoms with Crippen LogP contribution in [0.4, 0.5) is 5.69 Å². The second-order valence-electron chi connectivity index (χ2n) is 4.87. The molecule has 2 aromatic rings. The van der Waals surface area contributed by atoms with Crippen molar-refractivity contribution in [2.24, 2.45) is 0 Å². The summed E-state index contributed by atoms with van der Waals surface area (Å²) in [7, 11) is 0. The van der Waals surface area contributed by atoms with Gasteiger partial charge in [-0.05, 0) is 41.9 Å². The van der Waals surface area contributed by atoms with E-state index in [2.05, 4.69) is 17.6 Å². The third kappa shape index (κ3) is 4.93. The van der Waals surface area contributed by atoms with Crippen LogP contribution < -0.4 is 10.6 Å². The van der Waals surface area contributed by atoms with E-state index >= 15 is 0 Å². The highest BCUT2D eigenvalue weighted by molar-refractivity contribution is 5.92. The lowest BCUT2D eigenvalue weighted by Gasteiger charge is -2.07. The van der Waals surface area contributed by atoms with Gasteiger partial charge in [-0.25, -0.2) is 0 Å². The van der Waals surface area contributed by atoms with E-state index in [1.165, 1.54) is 5.56 Å². The van der Waals surface area contributed by atoms with Gasteiger partial charge in [0.1, 0.15) is 5.75 Å². The Balaban J connectivity index is 1.90. The summed E-state index contributed by atoms with van der Waals surface area (Å²) in [6.07, 6.45) is 0.244. The molecule has 4 heteroatoms. The van der Waals surface area contributed by atoms with Crippen LogP contribution in [0, 0.1) is 0 Å². The van der Waals surface area contributed by atoms with Gasteiger partial charge in [0.25, 0.3) is 0 Å². The Labute approximate surface area is 124 Å². The van der Waals surface area contributed by atoms with Crippen molar-refractivity contribution in [3.63, 3.8) is 0 Å². The molecule has 0 aliphatic rings. The van der Waals surface area contributed by atoms with Gasteiger partial charge < -0.3 is 15.7 Å². The zero-order chi connectivity index (χ0) is 15.1. The molecule has 21 heavy (non-hydrogen) atoms. The number of hydrogen-bond acceptors (Lipinski definition) is 3. The van der Waals surface area contributed by atoms with Crippen molar-refractivity contribution in [3.05, 3.63) is 59.7 Å². The van der Waals surface area contributed by atoms with Crippen molar-refractivity contribution in [2.45, 2.75) is 19.9 Å². The Bertz CT molecular complexity index is 594.